The molecule has 3 atom stereocenters. The maximum Gasteiger partial charge on any atom is 0.240 e. The number of thiazole rings is 1. The molecule has 0 aliphatic heterocycles. The van der Waals surface area contributed by atoms with Crippen LogP contribution in [0.25, 0.3) is 10.2 Å². The van der Waals surface area contributed by atoms with Crippen molar-refractivity contribution in [3.8, 4) is 0 Å². The molecule has 0 unspecified atom stereocenters. The molecule has 2 aromatic rings. The predicted octanol–water partition coefficient (Wildman–Crippen LogP) is 3.13. The van der Waals surface area contributed by atoms with Gasteiger partial charge in [-0.15, -0.1) is 0 Å². The van der Waals surface area contributed by atoms with Gasteiger partial charge in [-0.3, -0.25) is 4.79 Å². The third-order valence-electron chi connectivity index (χ3n) is 4.91. The topological polar surface area (TPSA) is 88.2 Å². The number of allylic oxidation sites excluding steroid dienone is 2. The molecule has 1 aromatic heterocycles. The number of rotatable bonds is 5. The van der Waals surface area contributed by atoms with E-state index in [4.69, 9.17) is 0 Å². The van der Waals surface area contributed by atoms with Crippen LogP contribution < -0.4 is 10.0 Å². The number of anilines is 1. The molecule has 2 bridgehead atoms. The van der Waals surface area contributed by atoms with E-state index in [1.165, 1.54) is 11.3 Å². The molecule has 1 amide bonds. The lowest BCUT2D eigenvalue weighted by molar-refractivity contribution is -0.120. The fourth-order valence-electron chi connectivity index (χ4n) is 3.78. The summed E-state index contributed by atoms with van der Waals surface area (Å²) in [6, 6.07) is 4.64. The summed E-state index contributed by atoms with van der Waals surface area (Å²) in [4.78, 5) is 17.2. The molecule has 1 aromatic carbocycles. The number of amides is 1. The molecule has 1 heterocycles. The van der Waals surface area contributed by atoms with Crippen LogP contribution in [0.3, 0.4) is 0 Å². The summed E-state index contributed by atoms with van der Waals surface area (Å²) in [6.45, 7) is 3.56. The maximum absolute atomic E-state index is 12.5. The quantitative estimate of drug-likeness (QED) is 0.767. The van der Waals surface area contributed by atoms with Crippen molar-refractivity contribution < 1.29 is 13.2 Å². The second-order valence-electron chi connectivity index (χ2n) is 7.30. The minimum atomic E-state index is -3.55. The van der Waals surface area contributed by atoms with Crippen LogP contribution in [0.4, 0.5) is 5.13 Å². The summed E-state index contributed by atoms with van der Waals surface area (Å²) in [5.74, 6) is 0.902. The summed E-state index contributed by atoms with van der Waals surface area (Å²) < 4.78 is 27.9. The van der Waals surface area contributed by atoms with Crippen molar-refractivity contribution in [3.05, 3.63) is 30.4 Å². The lowest BCUT2D eigenvalue weighted by Crippen LogP contribution is -2.30. The molecule has 0 saturated heterocycles. The lowest BCUT2D eigenvalue weighted by atomic mass is 9.93. The highest BCUT2D eigenvalue weighted by Crippen LogP contribution is 2.44. The molecule has 26 heavy (non-hydrogen) atoms. The predicted molar refractivity (Wildman–Crippen MR) is 103 cm³/mol. The van der Waals surface area contributed by atoms with Crippen LogP contribution in [0.2, 0.25) is 0 Å². The monoisotopic (exact) mass is 391 g/mol. The highest BCUT2D eigenvalue weighted by Gasteiger charge is 2.39. The van der Waals surface area contributed by atoms with Gasteiger partial charge in [-0.05, 0) is 56.7 Å². The maximum atomic E-state index is 12.5. The number of hydrogen-bond acceptors (Lipinski definition) is 5. The molecule has 2 aliphatic rings. The Balaban J connectivity index is 1.54. The number of carbonyl (C=O) groups excluding carboxylic acids is 1. The van der Waals surface area contributed by atoms with Crippen LogP contribution in [0.15, 0.2) is 35.2 Å². The molecule has 138 valence electrons. The third-order valence-corrected chi connectivity index (χ3v) is 7.50. The summed E-state index contributed by atoms with van der Waals surface area (Å²) in [5, 5.41) is 3.43. The van der Waals surface area contributed by atoms with E-state index in [0.717, 1.165) is 17.5 Å². The normalized spacial score (nSPS) is 24.7. The number of benzene rings is 1. The van der Waals surface area contributed by atoms with Gasteiger partial charge in [0.05, 0.1) is 15.1 Å². The van der Waals surface area contributed by atoms with Gasteiger partial charge in [0.1, 0.15) is 0 Å². The molecular formula is C18H21N3O3S2. The number of carbonyl (C=O) groups is 1. The number of fused-ring (bicyclic) bond motifs is 3. The summed E-state index contributed by atoms with van der Waals surface area (Å²) >= 11 is 1.30. The molecule has 2 aliphatic carbocycles. The number of sulfonamides is 1. The van der Waals surface area contributed by atoms with Crippen molar-refractivity contribution in [2.24, 2.45) is 17.8 Å². The number of aromatic nitrogens is 1. The van der Waals surface area contributed by atoms with Crippen LogP contribution >= 0.6 is 11.3 Å². The molecule has 2 N–H and O–H groups in total. The van der Waals surface area contributed by atoms with E-state index in [2.05, 4.69) is 27.2 Å². The van der Waals surface area contributed by atoms with Crippen LogP contribution in [0, 0.1) is 17.8 Å². The SMILES string of the molecule is CC(C)NS(=O)(=O)c1ccc2nc(NC(=O)[C@H]3C[C@@H]4C=C[C@H]3C4)sc2c1. The number of hydrogen-bond donors (Lipinski definition) is 2. The molecule has 0 spiro atoms. The van der Waals surface area contributed by atoms with E-state index in [1.807, 2.05) is 0 Å². The van der Waals surface area contributed by atoms with Gasteiger partial charge in [0, 0.05) is 12.0 Å². The van der Waals surface area contributed by atoms with Crippen molar-refractivity contribution in [3.63, 3.8) is 0 Å². The van der Waals surface area contributed by atoms with E-state index < -0.39 is 10.0 Å². The lowest BCUT2D eigenvalue weighted by Gasteiger charge is -2.16. The first-order valence-electron chi connectivity index (χ1n) is 8.74. The van der Waals surface area contributed by atoms with Crippen molar-refractivity contribution in [1.29, 1.82) is 0 Å². The zero-order chi connectivity index (χ0) is 18.5. The second kappa shape index (κ2) is 6.44. The first-order valence-corrected chi connectivity index (χ1v) is 11.0. The Morgan fingerprint density at radius 3 is 2.73 bits per heavy atom. The van der Waals surface area contributed by atoms with Gasteiger partial charge in [0.25, 0.3) is 0 Å². The van der Waals surface area contributed by atoms with E-state index in [9.17, 15) is 13.2 Å². The molecule has 1 saturated carbocycles. The average Bonchev–Trinajstić information content (AvgIpc) is 3.27. The molecule has 1 fully saturated rings. The smallest absolute Gasteiger partial charge is 0.240 e. The highest BCUT2D eigenvalue weighted by atomic mass is 32.2. The van der Waals surface area contributed by atoms with Gasteiger partial charge >= 0.3 is 0 Å². The van der Waals surface area contributed by atoms with Crippen molar-refractivity contribution in [2.75, 3.05) is 5.32 Å². The van der Waals surface area contributed by atoms with Crippen LogP contribution in [0.5, 0.6) is 0 Å². The summed E-state index contributed by atoms with van der Waals surface area (Å²) in [7, 11) is -3.55. The van der Waals surface area contributed by atoms with Gasteiger partial charge in [-0.2, -0.15) is 0 Å². The zero-order valence-electron chi connectivity index (χ0n) is 14.6. The minimum Gasteiger partial charge on any atom is -0.302 e. The second-order valence-corrected chi connectivity index (χ2v) is 10.0. The Labute approximate surface area is 156 Å². The van der Waals surface area contributed by atoms with E-state index in [1.54, 1.807) is 32.0 Å². The van der Waals surface area contributed by atoms with Crippen molar-refractivity contribution >= 4 is 42.6 Å². The molecule has 0 radical (unpaired) electrons. The molecule has 8 heteroatoms. The molecule has 4 rings (SSSR count). The Kier molecular flexibility index (Phi) is 4.37. The first-order chi connectivity index (χ1) is 12.3. The van der Waals surface area contributed by atoms with Gasteiger partial charge in [0.15, 0.2) is 5.13 Å². The summed E-state index contributed by atoms with van der Waals surface area (Å²) in [5.41, 5.74) is 0.682. The van der Waals surface area contributed by atoms with Crippen molar-refractivity contribution in [1.82, 2.24) is 9.71 Å². The number of nitrogens with zero attached hydrogens (tertiary/aromatic N) is 1. The third kappa shape index (κ3) is 3.28. The first kappa shape index (κ1) is 17.6. The Hall–Kier alpha value is -1.77. The van der Waals surface area contributed by atoms with Gasteiger partial charge in [-0.25, -0.2) is 18.1 Å². The Bertz CT molecular complexity index is 994. The van der Waals surface area contributed by atoms with Gasteiger partial charge in [-0.1, -0.05) is 23.5 Å². The largest absolute Gasteiger partial charge is 0.302 e. The molecular weight excluding hydrogens is 370 g/mol. The minimum absolute atomic E-state index is 0.00947. The zero-order valence-corrected chi connectivity index (χ0v) is 16.2. The standard InChI is InChI=1S/C18H21N3O3S2/c1-10(2)21-26(23,24)13-5-6-15-16(9-13)25-18(19-15)20-17(22)14-8-11-3-4-12(14)7-11/h3-6,9-12,14,21H,7-8H2,1-2H3,(H,19,20,22)/t11-,12+,14+/m1/s1. The van der Waals surface area contributed by atoms with Gasteiger partial charge < -0.3 is 5.32 Å². The van der Waals surface area contributed by atoms with Crippen LogP contribution in [0.1, 0.15) is 26.7 Å². The van der Waals surface area contributed by atoms with Crippen LogP contribution in [-0.4, -0.2) is 25.4 Å². The van der Waals surface area contributed by atoms with Gasteiger partial charge in [0.2, 0.25) is 15.9 Å². The fourth-order valence-corrected chi connectivity index (χ4v) is 6.04. The van der Waals surface area contributed by atoms with E-state index in [0.29, 0.717) is 22.5 Å². The average molecular weight is 392 g/mol. The highest BCUT2D eigenvalue weighted by molar-refractivity contribution is 7.89. The Morgan fingerprint density at radius 2 is 2.08 bits per heavy atom. The summed E-state index contributed by atoms with van der Waals surface area (Å²) in [6.07, 6.45) is 6.33. The van der Waals surface area contributed by atoms with E-state index >= 15 is 0 Å². The number of nitrogens with one attached hydrogen (secondary N) is 2. The Morgan fingerprint density at radius 1 is 1.27 bits per heavy atom. The van der Waals surface area contributed by atoms with Crippen LogP contribution in [-0.2, 0) is 14.8 Å². The van der Waals surface area contributed by atoms with Crippen molar-refractivity contribution in [2.45, 2.75) is 37.6 Å². The fraction of sp³-hybridized carbons (Fsp3) is 0.444. The van der Waals surface area contributed by atoms with E-state index in [-0.39, 0.29) is 22.8 Å². The molecule has 6 nitrogen and oxygen atoms in total.